The molecule has 7 heavy (non-hydrogen) atoms. The quantitative estimate of drug-likeness (QED) is 0.344. The van der Waals surface area contributed by atoms with Crippen LogP contribution in [0.4, 0.5) is 0 Å². The van der Waals surface area contributed by atoms with Crippen LogP contribution in [0.3, 0.4) is 0 Å². The van der Waals surface area contributed by atoms with Crippen LogP contribution in [-0.4, -0.2) is 6.29 Å². The van der Waals surface area contributed by atoms with Crippen molar-refractivity contribution in [2.45, 2.75) is 7.43 Å². The van der Waals surface area contributed by atoms with Gasteiger partial charge in [-0.05, 0) is 6.29 Å². The molecule has 0 aromatic heterocycles. The van der Waals surface area contributed by atoms with Crippen molar-refractivity contribution >= 4 is 6.29 Å². The Bertz CT molecular complexity index is 32.7. The van der Waals surface area contributed by atoms with Crippen LogP contribution in [0.1, 0.15) is 7.43 Å². The van der Waals surface area contributed by atoms with Gasteiger partial charge in [-0.15, -0.1) is 0 Å². The van der Waals surface area contributed by atoms with Gasteiger partial charge in [0.2, 0.25) is 0 Å². The van der Waals surface area contributed by atoms with Gasteiger partial charge >= 0.3 is 17.1 Å². The predicted molar refractivity (Wildman–Crippen MR) is 22.6 cm³/mol. The van der Waals surface area contributed by atoms with Crippen LogP contribution in [0.5, 0.6) is 0 Å². The molecule has 50 valence electrons. The van der Waals surface area contributed by atoms with Crippen LogP contribution in [0.2, 0.25) is 0 Å². The van der Waals surface area contributed by atoms with Gasteiger partial charge in [-0.2, -0.15) is 0 Å². The number of allylic oxidation sites excluding steroid dienone is 1. The molecule has 0 aliphatic rings. The van der Waals surface area contributed by atoms with Crippen molar-refractivity contribution in [2.75, 3.05) is 0 Å². The first-order valence-corrected chi connectivity index (χ1v) is 0.901. The summed E-state index contributed by atoms with van der Waals surface area (Å²) < 4.78 is 0. The minimum atomic E-state index is 0. The molecule has 0 N–H and O–H groups in total. The van der Waals surface area contributed by atoms with Gasteiger partial charge < -0.3 is 4.79 Å². The molecule has 0 aliphatic carbocycles. The molecule has 0 bridgehead atoms. The van der Waals surface area contributed by atoms with E-state index in [9.17, 15) is 0 Å². The molecular formula is C4H7CuNiO. The number of hydrogen-bond acceptors (Lipinski definition) is 1. The van der Waals surface area contributed by atoms with E-state index in [1.807, 2.05) is 0 Å². The smallest absolute Gasteiger partial charge is 0.419 e. The van der Waals surface area contributed by atoms with Gasteiger partial charge in [0, 0.05) is 16.5 Å². The maximum absolute atomic E-state index is 8.93. The number of hydrogen-bond donors (Lipinski definition) is 0. The molecule has 0 aromatic rings. The van der Waals surface area contributed by atoms with Crippen LogP contribution in [0, 0.1) is 0 Å². The van der Waals surface area contributed by atoms with Crippen LogP contribution in [0.15, 0.2) is 12.7 Å². The summed E-state index contributed by atoms with van der Waals surface area (Å²) in [6.45, 7) is 3.06. The Kier molecular flexibility index (Phi) is 120. The molecule has 0 aromatic carbocycles. The third kappa shape index (κ3) is 62.1. The number of rotatable bonds is 1. The molecule has 0 heterocycles. The molecule has 0 rings (SSSR count). The summed E-state index contributed by atoms with van der Waals surface area (Å²) in [7, 11) is 0. The third-order valence-electron chi connectivity index (χ3n) is 0.0833. The predicted octanol–water partition coefficient (Wildman–Crippen LogP) is 0.913. The van der Waals surface area contributed by atoms with E-state index < -0.39 is 0 Å². The minimum absolute atomic E-state index is 0. The summed E-state index contributed by atoms with van der Waals surface area (Å²) in [5, 5.41) is 0. The first-order valence-electron chi connectivity index (χ1n) is 0.901. The molecular weight excluding hydrogens is 186 g/mol. The summed E-state index contributed by atoms with van der Waals surface area (Å²) >= 11 is 0. The van der Waals surface area contributed by atoms with E-state index >= 15 is 0 Å². The van der Waals surface area contributed by atoms with Crippen molar-refractivity contribution in [3.05, 3.63) is 12.7 Å². The molecule has 0 saturated carbocycles. The van der Waals surface area contributed by atoms with Crippen molar-refractivity contribution in [3.63, 3.8) is 0 Å². The van der Waals surface area contributed by atoms with Gasteiger partial charge in [0.1, 0.15) is 0 Å². The maximum Gasteiger partial charge on any atom is 1.00 e. The Morgan fingerprint density at radius 3 is 1.71 bits per heavy atom. The average molecular weight is 193 g/mol. The van der Waals surface area contributed by atoms with Gasteiger partial charge in [-0.25, -0.2) is 12.7 Å². The Labute approximate surface area is 65.0 Å². The minimum Gasteiger partial charge on any atom is -0.419 e. The molecule has 0 aliphatic heterocycles. The average Bonchev–Trinajstić information content (AvgIpc) is 1.37. The van der Waals surface area contributed by atoms with Gasteiger partial charge in [-0.3, -0.25) is 0 Å². The van der Waals surface area contributed by atoms with E-state index in [0.717, 1.165) is 6.08 Å². The van der Waals surface area contributed by atoms with Crippen LogP contribution >= 0.6 is 0 Å². The topological polar surface area (TPSA) is 17.1 Å². The standard InChI is InChI=1S/C3H3O.CH4.Cu.Ni/c1-2-3-4;;;/h2H,1H2;1H4;;/q-1;;+1;. The van der Waals surface area contributed by atoms with E-state index in [2.05, 4.69) is 6.58 Å². The third-order valence-corrected chi connectivity index (χ3v) is 0.0833. The molecule has 0 amide bonds. The summed E-state index contributed by atoms with van der Waals surface area (Å²) in [5.74, 6) is 0. The first kappa shape index (κ1) is 26.1. The molecule has 3 heteroatoms. The molecule has 0 fully saturated rings. The first-order chi connectivity index (χ1) is 1.91. The Hall–Kier alpha value is 0.423. The van der Waals surface area contributed by atoms with Crippen LogP contribution in [-0.2, 0) is 38.4 Å². The fraction of sp³-hybridized carbons (Fsp3) is 0.250. The van der Waals surface area contributed by atoms with E-state index in [4.69, 9.17) is 4.79 Å². The zero-order valence-corrected chi connectivity index (χ0v) is 4.74. The largest absolute Gasteiger partial charge is 1.00 e. The van der Waals surface area contributed by atoms with Crippen LogP contribution in [0.25, 0.3) is 0 Å². The zero-order chi connectivity index (χ0) is 3.41. The summed E-state index contributed by atoms with van der Waals surface area (Å²) in [5.41, 5.74) is 0. The van der Waals surface area contributed by atoms with Gasteiger partial charge in [0.25, 0.3) is 0 Å². The zero-order valence-electron chi connectivity index (χ0n) is 2.81. The Balaban J connectivity index is -0.0000000150. The van der Waals surface area contributed by atoms with E-state index in [-0.39, 0.29) is 41.0 Å². The summed E-state index contributed by atoms with van der Waals surface area (Å²) in [6.07, 6.45) is 2.51. The second kappa shape index (κ2) is 32.2. The fourth-order valence-corrected chi connectivity index (χ4v) is 0. The second-order valence-corrected chi connectivity index (χ2v) is 0.322. The molecule has 0 spiro atoms. The van der Waals surface area contributed by atoms with Crippen molar-refractivity contribution < 1.29 is 38.4 Å². The van der Waals surface area contributed by atoms with Crippen LogP contribution < -0.4 is 0 Å². The van der Waals surface area contributed by atoms with E-state index in [1.165, 1.54) is 6.29 Å². The number of carbonyl (C=O) groups excluding carboxylic acids is 1. The monoisotopic (exact) mass is 192 g/mol. The maximum atomic E-state index is 8.93. The molecule has 0 unspecified atom stereocenters. The Morgan fingerprint density at radius 1 is 1.57 bits per heavy atom. The van der Waals surface area contributed by atoms with Gasteiger partial charge in [0.15, 0.2) is 0 Å². The van der Waals surface area contributed by atoms with Gasteiger partial charge in [-0.1, -0.05) is 7.43 Å². The summed E-state index contributed by atoms with van der Waals surface area (Å²) in [4.78, 5) is 8.93. The molecule has 0 radical (unpaired) electrons. The molecule has 0 saturated heterocycles. The van der Waals surface area contributed by atoms with Crippen molar-refractivity contribution in [1.82, 2.24) is 0 Å². The van der Waals surface area contributed by atoms with E-state index in [0.29, 0.717) is 0 Å². The van der Waals surface area contributed by atoms with E-state index in [1.54, 1.807) is 0 Å². The van der Waals surface area contributed by atoms with Crippen molar-refractivity contribution in [3.8, 4) is 0 Å². The second-order valence-electron chi connectivity index (χ2n) is 0.322. The van der Waals surface area contributed by atoms with Crippen molar-refractivity contribution in [2.24, 2.45) is 0 Å². The summed E-state index contributed by atoms with van der Waals surface area (Å²) in [6, 6.07) is 0. The van der Waals surface area contributed by atoms with Crippen molar-refractivity contribution in [1.29, 1.82) is 0 Å². The fourth-order valence-electron chi connectivity index (χ4n) is 0. The molecule has 1 nitrogen and oxygen atoms in total. The molecule has 0 atom stereocenters. The van der Waals surface area contributed by atoms with Gasteiger partial charge in [0.05, 0.1) is 0 Å². The Morgan fingerprint density at radius 2 is 1.71 bits per heavy atom. The SMILES string of the molecule is C.C=C[C-]=O.[Cu+].[Ni]. The normalized spacial score (nSPS) is 2.86.